The third-order valence-electron chi connectivity index (χ3n) is 3.23. The summed E-state index contributed by atoms with van der Waals surface area (Å²) in [5, 5.41) is 12.4. The second-order valence-electron chi connectivity index (χ2n) is 4.30. The van der Waals surface area contributed by atoms with Crippen molar-refractivity contribution in [2.75, 3.05) is 20.2 Å². The van der Waals surface area contributed by atoms with Gasteiger partial charge in [-0.05, 0) is 6.07 Å². The molecule has 18 heavy (non-hydrogen) atoms. The Bertz CT molecular complexity index is 616. The molecule has 2 aromatic rings. The highest BCUT2D eigenvalue weighted by Gasteiger charge is 2.27. The minimum Gasteiger partial charge on any atom is -0.497 e. The van der Waals surface area contributed by atoms with Gasteiger partial charge in [0.1, 0.15) is 11.6 Å². The molecule has 0 spiro atoms. The van der Waals surface area contributed by atoms with E-state index in [2.05, 4.69) is 10.3 Å². The van der Waals surface area contributed by atoms with E-state index in [-0.39, 0.29) is 11.6 Å². The van der Waals surface area contributed by atoms with E-state index in [1.807, 2.05) is 4.40 Å². The minimum atomic E-state index is -1.01. The van der Waals surface area contributed by atoms with E-state index in [0.717, 1.165) is 18.9 Å². The second kappa shape index (κ2) is 3.99. The van der Waals surface area contributed by atoms with Crippen LogP contribution in [0.4, 0.5) is 0 Å². The maximum Gasteiger partial charge on any atom is 0.356 e. The third-order valence-corrected chi connectivity index (χ3v) is 3.23. The second-order valence-corrected chi connectivity index (χ2v) is 4.30. The van der Waals surface area contributed by atoms with Crippen LogP contribution in [0.5, 0.6) is 5.75 Å². The molecule has 0 saturated carbocycles. The van der Waals surface area contributed by atoms with Crippen LogP contribution >= 0.6 is 0 Å². The van der Waals surface area contributed by atoms with Crippen molar-refractivity contribution in [2.45, 2.75) is 5.92 Å². The molecule has 1 aliphatic rings. The number of nitrogens with zero attached hydrogens (tertiary/aromatic N) is 2. The number of aromatic carboxylic acids is 1. The Kier molecular flexibility index (Phi) is 2.45. The first-order chi connectivity index (χ1) is 8.70. The van der Waals surface area contributed by atoms with Gasteiger partial charge in [0.15, 0.2) is 5.69 Å². The van der Waals surface area contributed by atoms with E-state index in [4.69, 9.17) is 4.74 Å². The number of carboxylic acids is 1. The fraction of sp³-hybridized carbons (Fsp3) is 0.333. The Morgan fingerprint density at radius 2 is 2.39 bits per heavy atom. The monoisotopic (exact) mass is 247 g/mol. The van der Waals surface area contributed by atoms with Crippen LogP contribution in [0.25, 0.3) is 5.52 Å². The zero-order chi connectivity index (χ0) is 12.7. The van der Waals surface area contributed by atoms with Gasteiger partial charge in [0.2, 0.25) is 0 Å². The summed E-state index contributed by atoms with van der Waals surface area (Å²) in [5.74, 6) is 0.685. The van der Waals surface area contributed by atoms with Crippen LogP contribution in [0, 0.1) is 0 Å². The van der Waals surface area contributed by atoms with Gasteiger partial charge in [0.05, 0.1) is 12.6 Å². The summed E-state index contributed by atoms with van der Waals surface area (Å²) in [6.45, 7) is 1.68. The number of imidazole rings is 1. The summed E-state index contributed by atoms with van der Waals surface area (Å²) in [6.07, 6.45) is 1.81. The Hall–Kier alpha value is -2.08. The number of hydrogen-bond donors (Lipinski definition) is 2. The zero-order valence-electron chi connectivity index (χ0n) is 9.88. The predicted molar refractivity (Wildman–Crippen MR) is 64.3 cm³/mol. The number of methoxy groups -OCH3 is 1. The molecule has 1 fully saturated rings. The average molecular weight is 247 g/mol. The lowest BCUT2D eigenvalue weighted by Gasteiger charge is -2.25. The van der Waals surface area contributed by atoms with Gasteiger partial charge in [0, 0.05) is 31.3 Å². The van der Waals surface area contributed by atoms with Crippen LogP contribution < -0.4 is 10.1 Å². The zero-order valence-corrected chi connectivity index (χ0v) is 9.88. The number of pyridine rings is 1. The number of nitrogens with one attached hydrogen (secondary N) is 1. The van der Waals surface area contributed by atoms with E-state index < -0.39 is 5.97 Å². The van der Waals surface area contributed by atoms with Gasteiger partial charge in [-0.25, -0.2) is 9.78 Å². The largest absolute Gasteiger partial charge is 0.497 e. The Morgan fingerprint density at radius 3 is 2.94 bits per heavy atom. The van der Waals surface area contributed by atoms with Crippen molar-refractivity contribution < 1.29 is 14.6 Å². The van der Waals surface area contributed by atoms with Crippen molar-refractivity contribution >= 4 is 11.5 Å². The average Bonchev–Trinajstić information content (AvgIpc) is 2.66. The van der Waals surface area contributed by atoms with Crippen LogP contribution in [0.15, 0.2) is 18.3 Å². The van der Waals surface area contributed by atoms with Gasteiger partial charge in [-0.15, -0.1) is 0 Å². The molecule has 1 saturated heterocycles. The number of hydrogen-bond acceptors (Lipinski definition) is 4. The highest BCUT2D eigenvalue weighted by atomic mass is 16.5. The lowest BCUT2D eigenvalue weighted by atomic mass is 10.0. The van der Waals surface area contributed by atoms with Crippen LogP contribution in [0.2, 0.25) is 0 Å². The summed E-state index contributed by atoms with van der Waals surface area (Å²) in [7, 11) is 1.55. The molecule has 3 rings (SSSR count). The first-order valence-electron chi connectivity index (χ1n) is 5.70. The fourth-order valence-corrected chi connectivity index (χ4v) is 2.13. The lowest BCUT2D eigenvalue weighted by Crippen LogP contribution is -2.40. The maximum absolute atomic E-state index is 11.2. The Balaban J connectivity index is 2.22. The summed E-state index contributed by atoms with van der Waals surface area (Å²) in [5.41, 5.74) is 0.652. The molecule has 0 aliphatic carbocycles. The Labute approximate surface area is 103 Å². The van der Waals surface area contributed by atoms with Crippen LogP contribution in [-0.2, 0) is 0 Å². The predicted octanol–water partition coefficient (Wildman–Crippen LogP) is 0.728. The number of carbonyl (C=O) groups is 1. The minimum absolute atomic E-state index is 0.0794. The van der Waals surface area contributed by atoms with Gasteiger partial charge >= 0.3 is 5.97 Å². The topological polar surface area (TPSA) is 75.9 Å². The van der Waals surface area contributed by atoms with E-state index in [1.54, 1.807) is 25.4 Å². The molecule has 0 atom stereocenters. The number of rotatable bonds is 3. The van der Waals surface area contributed by atoms with Crippen molar-refractivity contribution in [3.63, 3.8) is 0 Å². The van der Waals surface area contributed by atoms with E-state index in [0.29, 0.717) is 11.3 Å². The van der Waals surface area contributed by atoms with E-state index >= 15 is 0 Å². The van der Waals surface area contributed by atoms with Gasteiger partial charge in [0.25, 0.3) is 0 Å². The van der Waals surface area contributed by atoms with Gasteiger partial charge in [-0.3, -0.25) is 0 Å². The molecular weight excluding hydrogens is 234 g/mol. The first-order valence-corrected chi connectivity index (χ1v) is 5.70. The maximum atomic E-state index is 11.2. The summed E-state index contributed by atoms with van der Waals surface area (Å²) >= 11 is 0. The molecular formula is C12H13N3O3. The summed E-state index contributed by atoms with van der Waals surface area (Å²) < 4.78 is 6.95. The van der Waals surface area contributed by atoms with Crippen LogP contribution in [0.3, 0.4) is 0 Å². The quantitative estimate of drug-likeness (QED) is 0.836. The number of carboxylic acid groups (broad SMARTS) is 1. The van der Waals surface area contributed by atoms with Crippen molar-refractivity contribution in [1.29, 1.82) is 0 Å². The molecule has 6 heteroatoms. The normalized spacial score (nSPS) is 15.6. The highest BCUT2D eigenvalue weighted by molar-refractivity contribution is 5.94. The number of ether oxygens (including phenoxy) is 1. The van der Waals surface area contributed by atoms with Crippen LogP contribution in [-0.4, -0.2) is 40.7 Å². The molecule has 0 bridgehead atoms. The van der Waals surface area contributed by atoms with E-state index in [9.17, 15) is 9.90 Å². The molecule has 2 N–H and O–H groups in total. The standard InChI is InChI=1S/C12H13N3O3/c1-18-8-2-3-15-9(4-8)10(12(16)17)14-11(15)7-5-13-6-7/h2-4,7,13H,5-6H2,1H3,(H,16,17). The summed E-state index contributed by atoms with van der Waals surface area (Å²) in [6, 6.07) is 3.50. The van der Waals surface area contributed by atoms with Crippen molar-refractivity contribution in [3.05, 3.63) is 29.8 Å². The molecule has 0 radical (unpaired) electrons. The molecule has 0 unspecified atom stereocenters. The van der Waals surface area contributed by atoms with E-state index in [1.165, 1.54) is 0 Å². The fourth-order valence-electron chi connectivity index (χ4n) is 2.13. The molecule has 6 nitrogen and oxygen atoms in total. The molecule has 0 aromatic carbocycles. The lowest BCUT2D eigenvalue weighted by molar-refractivity contribution is 0.0693. The molecule has 3 heterocycles. The van der Waals surface area contributed by atoms with Gasteiger partial charge in [-0.1, -0.05) is 0 Å². The van der Waals surface area contributed by atoms with Crippen molar-refractivity contribution in [1.82, 2.24) is 14.7 Å². The smallest absolute Gasteiger partial charge is 0.356 e. The highest BCUT2D eigenvalue weighted by Crippen LogP contribution is 2.25. The van der Waals surface area contributed by atoms with Gasteiger partial charge < -0.3 is 19.6 Å². The first kappa shape index (κ1) is 11.0. The molecule has 94 valence electrons. The third kappa shape index (κ3) is 1.53. The van der Waals surface area contributed by atoms with Gasteiger partial charge in [-0.2, -0.15) is 0 Å². The van der Waals surface area contributed by atoms with Crippen molar-refractivity contribution in [3.8, 4) is 5.75 Å². The molecule has 1 aliphatic heterocycles. The number of fused-ring (bicyclic) bond motifs is 1. The Morgan fingerprint density at radius 1 is 1.61 bits per heavy atom. The van der Waals surface area contributed by atoms with Crippen molar-refractivity contribution in [2.24, 2.45) is 0 Å². The molecule has 2 aromatic heterocycles. The summed E-state index contributed by atoms with van der Waals surface area (Å²) in [4.78, 5) is 15.5. The number of aromatic nitrogens is 2. The SMILES string of the molecule is COc1ccn2c(C3CNC3)nc(C(=O)O)c2c1. The molecule has 0 amide bonds. The van der Waals surface area contributed by atoms with Crippen LogP contribution in [0.1, 0.15) is 22.2 Å².